The van der Waals surface area contributed by atoms with Gasteiger partial charge in [-0.05, 0) is 81.1 Å². The fraction of sp³-hybridized carbons (Fsp3) is 0.854. The third kappa shape index (κ3) is 32.2. The van der Waals surface area contributed by atoms with Gasteiger partial charge in [-0.15, -0.1) is 0 Å². The van der Waals surface area contributed by atoms with Crippen molar-refractivity contribution in [1.29, 1.82) is 0 Å². The fourth-order valence-corrected chi connectivity index (χ4v) is 7.56. The summed E-state index contributed by atoms with van der Waals surface area (Å²) in [7, 11) is 0. The average Bonchev–Trinajstić information content (AvgIpc) is 3.17. The monoisotopic (exact) mass is 756 g/mol. The van der Waals surface area contributed by atoms with Gasteiger partial charge in [-0.3, -0.25) is 14.5 Å². The van der Waals surface area contributed by atoms with E-state index in [4.69, 9.17) is 14.2 Å². The Balaban J connectivity index is 2.12. The molecule has 0 amide bonds. The van der Waals surface area contributed by atoms with Crippen LogP contribution in [0.15, 0.2) is 29.8 Å². The summed E-state index contributed by atoms with van der Waals surface area (Å²) in [5, 5.41) is 0. The summed E-state index contributed by atoms with van der Waals surface area (Å²) < 4.78 is 16.7. The van der Waals surface area contributed by atoms with Crippen molar-refractivity contribution in [3.8, 4) is 0 Å². The van der Waals surface area contributed by atoms with E-state index in [0.717, 1.165) is 77.2 Å². The maximum Gasteiger partial charge on any atom is 0.305 e. The number of unbranched alkanes of at least 4 members (excludes halogenated alkanes) is 16. The second-order valence-electron chi connectivity index (χ2n) is 16.3. The maximum atomic E-state index is 12.3. The molecule has 1 heterocycles. The minimum absolute atomic E-state index is 0.00501. The zero-order chi connectivity index (χ0) is 39.2. The highest BCUT2D eigenvalue weighted by Gasteiger charge is 2.17. The summed E-state index contributed by atoms with van der Waals surface area (Å²) in [5.74, 6) is 1.75. The van der Waals surface area contributed by atoms with Crippen molar-refractivity contribution in [3.63, 3.8) is 0 Å². The van der Waals surface area contributed by atoms with Crippen LogP contribution < -0.4 is 0 Å². The van der Waals surface area contributed by atoms with Gasteiger partial charge >= 0.3 is 11.9 Å². The Morgan fingerprint density at radius 3 is 1.67 bits per heavy atom. The van der Waals surface area contributed by atoms with Crippen LogP contribution in [0, 0.1) is 17.8 Å². The van der Waals surface area contributed by atoms with E-state index < -0.39 is 0 Å². The molecule has 0 radical (unpaired) electrons. The quantitative estimate of drug-likeness (QED) is 0.0357. The summed E-state index contributed by atoms with van der Waals surface area (Å²) in [6, 6.07) is 0. The normalized spacial score (nSPS) is 14.7. The van der Waals surface area contributed by atoms with Crippen molar-refractivity contribution in [2.24, 2.45) is 17.8 Å². The molecule has 3 unspecified atom stereocenters. The predicted molar refractivity (Wildman–Crippen MR) is 227 cm³/mol. The molecular formula is C48H85NO5. The molecule has 0 spiro atoms. The highest BCUT2D eigenvalue weighted by molar-refractivity contribution is 5.69. The number of hydrogen-bond donors (Lipinski definition) is 0. The summed E-state index contributed by atoms with van der Waals surface area (Å²) in [4.78, 5) is 27.0. The first-order valence-electron chi connectivity index (χ1n) is 23.0. The van der Waals surface area contributed by atoms with E-state index >= 15 is 0 Å². The van der Waals surface area contributed by atoms with Gasteiger partial charge in [0.1, 0.15) is 0 Å². The van der Waals surface area contributed by atoms with E-state index in [2.05, 4.69) is 49.4 Å². The second kappa shape index (κ2) is 37.8. The summed E-state index contributed by atoms with van der Waals surface area (Å²) in [6.07, 6.45) is 34.5. The molecule has 1 rings (SSSR count). The molecule has 54 heavy (non-hydrogen) atoms. The van der Waals surface area contributed by atoms with Gasteiger partial charge in [-0.2, -0.15) is 0 Å². The lowest BCUT2D eigenvalue weighted by atomic mass is 9.93. The molecule has 312 valence electrons. The van der Waals surface area contributed by atoms with Gasteiger partial charge < -0.3 is 14.2 Å². The van der Waals surface area contributed by atoms with E-state index in [1.807, 2.05) is 6.08 Å². The van der Waals surface area contributed by atoms with Crippen molar-refractivity contribution >= 4 is 11.9 Å². The van der Waals surface area contributed by atoms with Gasteiger partial charge in [-0.1, -0.05) is 154 Å². The van der Waals surface area contributed by atoms with Gasteiger partial charge in [0.05, 0.1) is 26.4 Å². The Hall–Kier alpha value is -2.06. The molecule has 3 atom stereocenters. The Bertz CT molecular complexity index is 1000. The van der Waals surface area contributed by atoms with Crippen molar-refractivity contribution in [2.45, 2.75) is 201 Å². The van der Waals surface area contributed by atoms with Gasteiger partial charge in [0.25, 0.3) is 0 Å². The van der Waals surface area contributed by atoms with Crippen molar-refractivity contribution in [3.05, 3.63) is 29.8 Å². The first-order valence-corrected chi connectivity index (χ1v) is 23.0. The van der Waals surface area contributed by atoms with Crippen LogP contribution in [-0.4, -0.2) is 62.9 Å². The smallest absolute Gasteiger partial charge is 0.305 e. The molecule has 6 nitrogen and oxygen atoms in total. The van der Waals surface area contributed by atoms with Gasteiger partial charge in [-0.25, -0.2) is 0 Å². The molecule has 0 aromatic rings. The number of ether oxygens (including phenoxy) is 3. The van der Waals surface area contributed by atoms with Gasteiger partial charge in [0, 0.05) is 32.5 Å². The lowest BCUT2D eigenvalue weighted by molar-refractivity contribution is -0.145. The molecule has 1 fully saturated rings. The topological polar surface area (TPSA) is 65.1 Å². The summed E-state index contributed by atoms with van der Waals surface area (Å²) in [6.45, 7) is 16.5. The number of nitrogens with zero attached hydrogens (tertiary/aromatic N) is 1. The SMILES string of the molecule is C=C=C=C=CC(CCCCC)CCOC(=O)CCCCCCCCCC(CCCCCCCCCC(=O)OCCC(C)CCCCC)CN1CCOCC1. The van der Waals surface area contributed by atoms with Crippen molar-refractivity contribution < 1.29 is 23.8 Å². The molecule has 1 aliphatic heterocycles. The van der Waals surface area contributed by atoms with Gasteiger partial charge in [0.15, 0.2) is 0 Å². The van der Waals surface area contributed by atoms with E-state index in [9.17, 15) is 9.59 Å². The van der Waals surface area contributed by atoms with Crippen LogP contribution in [0.3, 0.4) is 0 Å². The standard InChI is InChI=1S/C48H85NO5/c1-5-8-21-28-44(4)35-39-53-47(50)33-26-19-15-11-13-17-24-31-46(43-49-37-41-52-42-38-49)32-25-18-14-12-16-20-27-34-48(51)54-40-36-45(29-22-9-6-2)30-23-10-7-3/h29,44-46H,2,5,7-8,10-21,23-28,30-43H2,1,3-4H3. The number of rotatable bonds is 37. The second-order valence-corrected chi connectivity index (χ2v) is 16.3. The molecule has 1 saturated heterocycles. The van der Waals surface area contributed by atoms with E-state index in [0.29, 0.717) is 37.9 Å². The maximum absolute atomic E-state index is 12.3. The van der Waals surface area contributed by atoms with Crippen molar-refractivity contribution in [2.75, 3.05) is 46.1 Å². The number of carbonyl (C=O) groups is 2. The number of carbonyl (C=O) groups excluding carboxylic acids is 2. The number of morpholine rings is 1. The zero-order valence-corrected chi connectivity index (χ0v) is 35.8. The molecule has 0 bridgehead atoms. The lowest BCUT2D eigenvalue weighted by Crippen LogP contribution is -2.39. The third-order valence-electron chi connectivity index (χ3n) is 11.2. The van der Waals surface area contributed by atoms with Crippen LogP contribution in [0.2, 0.25) is 0 Å². The third-order valence-corrected chi connectivity index (χ3v) is 11.2. The van der Waals surface area contributed by atoms with Crippen LogP contribution >= 0.6 is 0 Å². The average molecular weight is 756 g/mol. The molecule has 0 N–H and O–H groups in total. The first-order chi connectivity index (χ1) is 26.5. The molecule has 6 heteroatoms. The van der Waals surface area contributed by atoms with Gasteiger partial charge in [0.2, 0.25) is 0 Å². The first kappa shape index (κ1) is 50.0. The summed E-state index contributed by atoms with van der Waals surface area (Å²) in [5.41, 5.74) is 8.41. The minimum atomic E-state index is -0.0540. The minimum Gasteiger partial charge on any atom is -0.466 e. The zero-order valence-electron chi connectivity index (χ0n) is 35.8. The molecule has 0 saturated carbocycles. The molecule has 0 aliphatic carbocycles. The molecule has 1 aliphatic rings. The highest BCUT2D eigenvalue weighted by atomic mass is 16.5. The molecule has 0 aromatic carbocycles. The largest absolute Gasteiger partial charge is 0.466 e. The number of hydrogen-bond acceptors (Lipinski definition) is 6. The number of allylic oxidation sites excluding steroid dienone is 1. The summed E-state index contributed by atoms with van der Waals surface area (Å²) >= 11 is 0. The Kier molecular flexibility index (Phi) is 35.0. The van der Waals surface area contributed by atoms with E-state index in [1.165, 1.54) is 129 Å². The highest BCUT2D eigenvalue weighted by Crippen LogP contribution is 2.22. The Morgan fingerprint density at radius 1 is 0.648 bits per heavy atom. The van der Waals surface area contributed by atoms with E-state index in [1.54, 1.807) is 0 Å². The Morgan fingerprint density at radius 2 is 1.13 bits per heavy atom. The fourth-order valence-electron chi connectivity index (χ4n) is 7.56. The Labute approximate surface area is 334 Å². The van der Waals surface area contributed by atoms with Crippen LogP contribution in [0.4, 0.5) is 0 Å². The van der Waals surface area contributed by atoms with Crippen LogP contribution in [0.1, 0.15) is 201 Å². The van der Waals surface area contributed by atoms with E-state index in [-0.39, 0.29) is 11.9 Å². The lowest BCUT2D eigenvalue weighted by Gasteiger charge is -2.30. The molecular weight excluding hydrogens is 671 g/mol. The molecule has 0 aromatic heterocycles. The number of esters is 2. The van der Waals surface area contributed by atoms with Crippen LogP contribution in [0.5, 0.6) is 0 Å². The van der Waals surface area contributed by atoms with Crippen LogP contribution in [-0.2, 0) is 23.8 Å². The predicted octanol–water partition coefficient (Wildman–Crippen LogP) is 12.9. The van der Waals surface area contributed by atoms with Crippen LogP contribution in [0.25, 0.3) is 0 Å². The van der Waals surface area contributed by atoms with Crippen molar-refractivity contribution in [1.82, 2.24) is 4.90 Å².